The lowest BCUT2D eigenvalue weighted by atomic mass is 10.3. The van der Waals surface area contributed by atoms with Crippen LogP contribution in [0.5, 0.6) is 0 Å². The number of imidazole rings is 1. The van der Waals surface area contributed by atoms with Crippen molar-refractivity contribution in [3.8, 4) is 0 Å². The van der Waals surface area contributed by atoms with Crippen molar-refractivity contribution in [1.82, 2.24) is 13.9 Å². The first kappa shape index (κ1) is 13.0. The summed E-state index contributed by atoms with van der Waals surface area (Å²) >= 11 is 0. The Kier molecular flexibility index (Phi) is 3.37. The molecule has 1 atom stereocenters. The van der Waals surface area contributed by atoms with Gasteiger partial charge in [-0.3, -0.25) is 0 Å². The second-order valence-electron chi connectivity index (χ2n) is 3.94. The van der Waals surface area contributed by atoms with Crippen molar-refractivity contribution in [2.75, 3.05) is 19.7 Å². The molecule has 2 rings (SSSR count). The molecule has 1 N–H and O–H groups in total. The van der Waals surface area contributed by atoms with E-state index in [1.54, 1.807) is 7.05 Å². The molecule has 0 spiro atoms. The third-order valence-corrected chi connectivity index (χ3v) is 4.34. The van der Waals surface area contributed by atoms with Crippen molar-refractivity contribution in [3.05, 3.63) is 12.5 Å². The topological polar surface area (TPSA) is 102 Å². The van der Waals surface area contributed by atoms with Crippen LogP contribution in [0.4, 0.5) is 0 Å². The number of ether oxygens (including phenoxy) is 1. The number of carboxylic acids is 1. The molecule has 1 aromatic heterocycles. The van der Waals surface area contributed by atoms with Crippen molar-refractivity contribution in [3.63, 3.8) is 0 Å². The Hall–Kier alpha value is -1.45. The highest BCUT2D eigenvalue weighted by Crippen LogP contribution is 2.16. The van der Waals surface area contributed by atoms with E-state index < -0.39 is 22.1 Å². The molecule has 1 aliphatic heterocycles. The highest BCUT2D eigenvalue weighted by molar-refractivity contribution is 7.89. The van der Waals surface area contributed by atoms with Crippen molar-refractivity contribution >= 4 is 16.0 Å². The second-order valence-corrected chi connectivity index (χ2v) is 5.82. The lowest BCUT2D eigenvalue weighted by Crippen LogP contribution is -2.48. The summed E-state index contributed by atoms with van der Waals surface area (Å²) in [6.07, 6.45) is 1.62. The van der Waals surface area contributed by atoms with Gasteiger partial charge in [0, 0.05) is 19.8 Å². The maximum Gasteiger partial charge on any atom is 0.334 e. The largest absolute Gasteiger partial charge is 0.479 e. The van der Waals surface area contributed by atoms with Gasteiger partial charge >= 0.3 is 5.97 Å². The maximum atomic E-state index is 12.2. The van der Waals surface area contributed by atoms with Gasteiger partial charge in [0.1, 0.15) is 0 Å². The maximum absolute atomic E-state index is 12.2. The summed E-state index contributed by atoms with van der Waals surface area (Å²) in [4.78, 5) is 14.6. The number of morpholine rings is 1. The minimum Gasteiger partial charge on any atom is -0.479 e. The molecule has 1 aromatic rings. The van der Waals surface area contributed by atoms with Gasteiger partial charge in [-0.2, -0.15) is 4.31 Å². The monoisotopic (exact) mass is 275 g/mol. The minimum atomic E-state index is -3.75. The summed E-state index contributed by atoms with van der Waals surface area (Å²) in [6.45, 7) is -0.0139. The number of carboxylic acid groups (broad SMARTS) is 1. The molecule has 100 valence electrons. The standard InChI is InChI=1S/C9H13N3O5S/c1-11-5-8(10-6-11)18(15,16)12-2-3-17-7(4-12)9(13)14/h5-7H,2-4H2,1H3,(H,13,14). The second kappa shape index (κ2) is 4.67. The molecule has 1 aliphatic rings. The van der Waals surface area contributed by atoms with Crippen molar-refractivity contribution in [2.45, 2.75) is 11.1 Å². The predicted molar refractivity (Wildman–Crippen MR) is 59.3 cm³/mol. The molecule has 0 amide bonds. The lowest BCUT2D eigenvalue weighted by molar-refractivity contribution is -0.153. The quantitative estimate of drug-likeness (QED) is 0.751. The number of hydrogen-bond donors (Lipinski definition) is 1. The molecule has 0 aliphatic carbocycles. The van der Waals surface area contributed by atoms with Gasteiger partial charge in [0.15, 0.2) is 11.1 Å². The Balaban J connectivity index is 2.22. The fraction of sp³-hybridized carbons (Fsp3) is 0.556. The van der Waals surface area contributed by atoms with Gasteiger partial charge in [-0.1, -0.05) is 0 Å². The number of rotatable bonds is 3. The molecule has 1 unspecified atom stereocenters. The molecule has 1 saturated heterocycles. The summed E-state index contributed by atoms with van der Waals surface area (Å²) in [5, 5.41) is 8.74. The van der Waals surface area contributed by atoms with E-state index in [4.69, 9.17) is 9.84 Å². The van der Waals surface area contributed by atoms with Crippen LogP contribution in [0.3, 0.4) is 0 Å². The van der Waals surface area contributed by atoms with Gasteiger partial charge < -0.3 is 14.4 Å². The SMILES string of the molecule is Cn1cnc(S(=O)(=O)N2CCOC(C(=O)O)C2)c1. The Bertz CT molecular complexity index is 552. The number of hydrogen-bond acceptors (Lipinski definition) is 5. The number of aryl methyl sites for hydroxylation is 1. The molecule has 0 aromatic carbocycles. The molecule has 2 heterocycles. The Morgan fingerprint density at radius 2 is 2.33 bits per heavy atom. The first-order chi connectivity index (χ1) is 8.41. The highest BCUT2D eigenvalue weighted by atomic mass is 32.2. The lowest BCUT2D eigenvalue weighted by Gasteiger charge is -2.29. The van der Waals surface area contributed by atoms with E-state index in [2.05, 4.69) is 4.98 Å². The Morgan fingerprint density at radius 3 is 2.89 bits per heavy atom. The van der Waals surface area contributed by atoms with E-state index in [0.29, 0.717) is 0 Å². The van der Waals surface area contributed by atoms with Crippen LogP contribution < -0.4 is 0 Å². The first-order valence-corrected chi connectivity index (χ1v) is 6.68. The number of carbonyl (C=O) groups is 1. The van der Waals surface area contributed by atoms with E-state index in [1.807, 2.05) is 0 Å². The summed E-state index contributed by atoms with van der Waals surface area (Å²) < 4.78 is 31.9. The zero-order valence-corrected chi connectivity index (χ0v) is 10.5. The Labute approximate surface area is 104 Å². The average Bonchev–Trinajstić information content (AvgIpc) is 2.77. The first-order valence-electron chi connectivity index (χ1n) is 5.24. The summed E-state index contributed by atoms with van der Waals surface area (Å²) in [5.41, 5.74) is 0. The predicted octanol–water partition coefficient (Wildman–Crippen LogP) is -1.11. The van der Waals surface area contributed by atoms with Crippen LogP contribution in [0.15, 0.2) is 17.6 Å². The van der Waals surface area contributed by atoms with E-state index >= 15 is 0 Å². The van der Waals surface area contributed by atoms with E-state index in [-0.39, 0.29) is 24.7 Å². The normalized spacial score (nSPS) is 21.9. The highest BCUT2D eigenvalue weighted by Gasteiger charge is 2.34. The van der Waals surface area contributed by atoms with Crippen LogP contribution in [0, 0.1) is 0 Å². The molecule has 0 radical (unpaired) electrons. The van der Waals surface area contributed by atoms with Crippen molar-refractivity contribution in [1.29, 1.82) is 0 Å². The zero-order chi connectivity index (χ0) is 13.3. The number of nitrogens with zero attached hydrogens (tertiary/aromatic N) is 3. The third kappa shape index (κ3) is 2.37. The van der Waals surface area contributed by atoms with Crippen LogP contribution in [0.1, 0.15) is 0 Å². The van der Waals surface area contributed by atoms with Gasteiger partial charge in [-0.05, 0) is 0 Å². The molecular formula is C9H13N3O5S. The van der Waals surface area contributed by atoms with Gasteiger partial charge in [0.05, 0.1) is 19.5 Å². The molecule has 8 nitrogen and oxygen atoms in total. The van der Waals surface area contributed by atoms with Crippen LogP contribution in [0.2, 0.25) is 0 Å². The van der Waals surface area contributed by atoms with Crippen molar-refractivity contribution in [2.24, 2.45) is 7.05 Å². The number of aromatic nitrogens is 2. The van der Waals surface area contributed by atoms with E-state index in [0.717, 1.165) is 4.31 Å². The average molecular weight is 275 g/mol. The fourth-order valence-electron chi connectivity index (χ4n) is 1.65. The molecule has 0 bridgehead atoms. The molecule has 18 heavy (non-hydrogen) atoms. The van der Waals surface area contributed by atoms with Crippen LogP contribution in [-0.4, -0.2) is 59.2 Å². The zero-order valence-electron chi connectivity index (χ0n) is 9.68. The van der Waals surface area contributed by atoms with Gasteiger partial charge in [0.2, 0.25) is 0 Å². The van der Waals surface area contributed by atoms with E-state index in [1.165, 1.54) is 17.1 Å². The molecule has 0 saturated carbocycles. The van der Waals surface area contributed by atoms with Gasteiger partial charge in [-0.25, -0.2) is 18.2 Å². The summed E-state index contributed by atoms with van der Waals surface area (Å²) in [5.74, 6) is -1.17. The molecule has 9 heteroatoms. The smallest absolute Gasteiger partial charge is 0.334 e. The summed E-state index contributed by atoms with van der Waals surface area (Å²) in [6, 6.07) is 0. The van der Waals surface area contributed by atoms with Crippen molar-refractivity contribution < 1.29 is 23.1 Å². The van der Waals surface area contributed by atoms with Gasteiger partial charge in [0.25, 0.3) is 10.0 Å². The molecule has 1 fully saturated rings. The molecular weight excluding hydrogens is 262 g/mol. The fourth-order valence-corrected chi connectivity index (χ4v) is 3.04. The Morgan fingerprint density at radius 1 is 1.61 bits per heavy atom. The minimum absolute atomic E-state index is 0.0586. The van der Waals surface area contributed by atoms with Gasteiger partial charge in [-0.15, -0.1) is 0 Å². The van der Waals surface area contributed by atoms with E-state index in [9.17, 15) is 13.2 Å². The third-order valence-electron chi connectivity index (χ3n) is 2.59. The number of sulfonamides is 1. The van der Waals surface area contributed by atoms with Crippen LogP contribution in [-0.2, 0) is 26.6 Å². The van der Waals surface area contributed by atoms with Crippen LogP contribution in [0.25, 0.3) is 0 Å². The number of aliphatic carboxylic acids is 1. The summed E-state index contributed by atoms with van der Waals surface area (Å²) in [7, 11) is -2.09. The van der Waals surface area contributed by atoms with Crippen LogP contribution >= 0.6 is 0 Å².